The predicted molar refractivity (Wildman–Crippen MR) is 67.7 cm³/mol. The van der Waals surface area contributed by atoms with Gasteiger partial charge in [0.25, 0.3) is 0 Å². The van der Waals surface area contributed by atoms with Crippen molar-refractivity contribution in [3.05, 3.63) is 54.1 Å². The summed E-state index contributed by atoms with van der Waals surface area (Å²) < 4.78 is 5.61. The van der Waals surface area contributed by atoms with Gasteiger partial charge in [-0.15, -0.1) is 9.24 Å². The normalized spacial score (nSPS) is 9.81. The van der Waals surface area contributed by atoms with E-state index in [4.69, 9.17) is 4.74 Å². The van der Waals surface area contributed by atoms with Gasteiger partial charge in [-0.25, -0.2) is 0 Å². The van der Waals surface area contributed by atoms with E-state index in [1.54, 1.807) is 24.3 Å². The highest BCUT2D eigenvalue weighted by atomic mass is 31.0. The second-order valence-corrected chi connectivity index (χ2v) is 4.02. The topological polar surface area (TPSA) is 26.3 Å². The molecule has 2 aromatic carbocycles. The monoisotopic (exact) mass is 230 g/mol. The number of benzene rings is 2. The van der Waals surface area contributed by atoms with Gasteiger partial charge in [0.2, 0.25) is 0 Å². The number of carbonyl (C=O) groups excluding carboxylic acids is 1. The highest BCUT2D eigenvalue weighted by Gasteiger charge is 1.97. The SMILES string of the molecule is O=Cc1ccc(Oc2ccc(P)cc2)cc1. The second-order valence-electron chi connectivity index (χ2n) is 3.36. The molecule has 0 amide bonds. The molecule has 1 atom stereocenters. The lowest BCUT2D eigenvalue weighted by molar-refractivity contribution is 0.112. The molecular weight excluding hydrogens is 219 g/mol. The molecule has 0 spiro atoms. The van der Waals surface area contributed by atoms with E-state index in [9.17, 15) is 4.79 Å². The first-order valence-corrected chi connectivity index (χ1v) is 5.44. The zero-order chi connectivity index (χ0) is 11.4. The van der Waals surface area contributed by atoms with Crippen LogP contribution in [0.2, 0.25) is 0 Å². The average Bonchev–Trinajstić information content (AvgIpc) is 2.33. The number of rotatable bonds is 3. The molecule has 3 heteroatoms. The molecule has 16 heavy (non-hydrogen) atoms. The fraction of sp³-hybridized carbons (Fsp3) is 0. The number of hydrogen-bond donors (Lipinski definition) is 0. The van der Waals surface area contributed by atoms with Crippen LogP contribution in [0.5, 0.6) is 11.5 Å². The van der Waals surface area contributed by atoms with E-state index in [0.717, 1.165) is 23.1 Å². The van der Waals surface area contributed by atoms with Gasteiger partial charge in [0.05, 0.1) is 0 Å². The van der Waals surface area contributed by atoms with Crippen LogP contribution in [0.4, 0.5) is 0 Å². The van der Waals surface area contributed by atoms with Gasteiger partial charge in [0.1, 0.15) is 17.8 Å². The molecule has 2 nitrogen and oxygen atoms in total. The van der Waals surface area contributed by atoms with Crippen molar-refractivity contribution in [2.75, 3.05) is 0 Å². The Labute approximate surface area is 96.5 Å². The molecule has 0 bridgehead atoms. The summed E-state index contributed by atoms with van der Waals surface area (Å²) in [6.07, 6.45) is 0.812. The maximum atomic E-state index is 10.5. The minimum Gasteiger partial charge on any atom is -0.457 e. The molecule has 0 radical (unpaired) electrons. The first kappa shape index (κ1) is 10.8. The molecule has 2 rings (SSSR count). The van der Waals surface area contributed by atoms with E-state index in [1.807, 2.05) is 24.3 Å². The van der Waals surface area contributed by atoms with Crippen molar-refractivity contribution in [2.24, 2.45) is 0 Å². The van der Waals surface area contributed by atoms with Gasteiger partial charge in [0.15, 0.2) is 0 Å². The van der Waals surface area contributed by atoms with Crippen LogP contribution in [0.1, 0.15) is 10.4 Å². The molecule has 0 aliphatic carbocycles. The van der Waals surface area contributed by atoms with Crippen LogP contribution in [0.3, 0.4) is 0 Å². The summed E-state index contributed by atoms with van der Waals surface area (Å²) in [4.78, 5) is 10.5. The Morgan fingerprint density at radius 3 is 1.88 bits per heavy atom. The highest BCUT2D eigenvalue weighted by molar-refractivity contribution is 7.27. The maximum absolute atomic E-state index is 10.5. The Bertz CT molecular complexity index is 474. The highest BCUT2D eigenvalue weighted by Crippen LogP contribution is 2.20. The first-order chi connectivity index (χ1) is 7.78. The van der Waals surface area contributed by atoms with Crippen LogP contribution in [0, 0.1) is 0 Å². The van der Waals surface area contributed by atoms with Crippen molar-refractivity contribution < 1.29 is 9.53 Å². The summed E-state index contributed by atoms with van der Waals surface area (Å²) in [5.41, 5.74) is 0.646. The zero-order valence-electron chi connectivity index (χ0n) is 8.59. The Kier molecular flexibility index (Phi) is 3.33. The molecule has 0 saturated carbocycles. The largest absolute Gasteiger partial charge is 0.457 e. The van der Waals surface area contributed by atoms with Gasteiger partial charge in [-0.1, -0.05) is 12.1 Å². The summed E-state index contributed by atoms with van der Waals surface area (Å²) in [7, 11) is 2.62. The first-order valence-electron chi connectivity index (χ1n) is 4.86. The standard InChI is InChI=1S/C13H11O2P/c14-9-10-1-3-11(4-2-10)15-12-5-7-13(16)8-6-12/h1-9H,16H2. The molecule has 0 fully saturated rings. The lowest BCUT2D eigenvalue weighted by atomic mass is 10.2. The average molecular weight is 230 g/mol. The molecule has 0 aliphatic heterocycles. The fourth-order valence-corrected chi connectivity index (χ4v) is 1.48. The van der Waals surface area contributed by atoms with Gasteiger partial charge in [-0.2, -0.15) is 0 Å². The van der Waals surface area contributed by atoms with E-state index in [2.05, 4.69) is 9.24 Å². The van der Waals surface area contributed by atoms with E-state index in [-0.39, 0.29) is 0 Å². The van der Waals surface area contributed by atoms with Gasteiger partial charge in [-0.3, -0.25) is 4.79 Å². The summed E-state index contributed by atoms with van der Waals surface area (Å²) >= 11 is 0. The molecule has 0 aliphatic rings. The van der Waals surface area contributed by atoms with Gasteiger partial charge >= 0.3 is 0 Å². The Balaban J connectivity index is 2.14. The molecule has 0 saturated heterocycles. The molecule has 80 valence electrons. The van der Waals surface area contributed by atoms with E-state index < -0.39 is 0 Å². The Morgan fingerprint density at radius 1 is 0.875 bits per heavy atom. The third-order valence-corrected chi connectivity index (χ3v) is 2.52. The van der Waals surface area contributed by atoms with Gasteiger partial charge < -0.3 is 4.74 Å². The lowest BCUT2D eigenvalue weighted by Gasteiger charge is -2.05. The quantitative estimate of drug-likeness (QED) is 0.598. The van der Waals surface area contributed by atoms with Crippen molar-refractivity contribution in [2.45, 2.75) is 0 Å². The maximum Gasteiger partial charge on any atom is 0.150 e. The summed E-state index contributed by atoms with van der Waals surface area (Å²) in [5, 5.41) is 1.11. The minimum atomic E-state index is 0.646. The zero-order valence-corrected chi connectivity index (χ0v) is 9.74. The molecule has 1 unspecified atom stereocenters. The fourth-order valence-electron chi connectivity index (χ4n) is 1.29. The lowest BCUT2D eigenvalue weighted by Crippen LogP contribution is -1.90. The number of ether oxygens (including phenoxy) is 1. The van der Waals surface area contributed by atoms with E-state index in [1.165, 1.54) is 0 Å². The van der Waals surface area contributed by atoms with Crippen molar-refractivity contribution in [3.63, 3.8) is 0 Å². The Morgan fingerprint density at radius 2 is 1.38 bits per heavy atom. The number of carbonyl (C=O) groups is 1. The van der Waals surface area contributed by atoms with Crippen LogP contribution in [-0.2, 0) is 0 Å². The van der Waals surface area contributed by atoms with Crippen LogP contribution < -0.4 is 10.0 Å². The number of aldehydes is 1. The minimum absolute atomic E-state index is 0.646. The smallest absolute Gasteiger partial charge is 0.150 e. The molecule has 2 aromatic rings. The number of hydrogen-bond acceptors (Lipinski definition) is 2. The van der Waals surface area contributed by atoms with Crippen LogP contribution >= 0.6 is 9.24 Å². The van der Waals surface area contributed by atoms with Crippen LogP contribution in [0.15, 0.2) is 48.5 Å². The third-order valence-electron chi connectivity index (χ3n) is 2.13. The van der Waals surface area contributed by atoms with E-state index in [0.29, 0.717) is 5.56 Å². The van der Waals surface area contributed by atoms with E-state index >= 15 is 0 Å². The van der Waals surface area contributed by atoms with Crippen molar-refractivity contribution in [1.29, 1.82) is 0 Å². The van der Waals surface area contributed by atoms with Gasteiger partial charge in [-0.05, 0) is 41.7 Å². The Hall–Kier alpha value is -1.66. The molecular formula is C13H11O2P. The molecule has 0 heterocycles. The predicted octanol–water partition coefficient (Wildman–Crippen LogP) is 2.79. The third kappa shape index (κ3) is 2.68. The van der Waals surface area contributed by atoms with Crippen molar-refractivity contribution in [3.8, 4) is 11.5 Å². The molecule has 0 aromatic heterocycles. The van der Waals surface area contributed by atoms with Gasteiger partial charge in [0, 0.05) is 5.56 Å². The summed E-state index contributed by atoms with van der Waals surface area (Å²) in [6, 6.07) is 14.7. The summed E-state index contributed by atoms with van der Waals surface area (Å²) in [6.45, 7) is 0. The second kappa shape index (κ2) is 4.91. The summed E-state index contributed by atoms with van der Waals surface area (Å²) in [5.74, 6) is 1.51. The van der Waals surface area contributed by atoms with Crippen LogP contribution in [0.25, 0.3) is 0 Å². The molecule has 0 N–H and O–H groups in total. The van der Waals surface area contributed by atoms with Crippen molar-refractivity contribution >= 4 is 20.8 Å². The van der Waals surface area contributed by atoms with Crippen molar-refractivity contribution in [1.82, 2.24) is 0 Å². The van der Waals surface area contributed by atoms with Crippen LogP contribution in [-0.4, -0.2) is 6.29 Å².